The first-order chi connectivity index (χ1) is 17.2. The molecule has 0 aromatic rings. The lowest BCUT2D eigenvalue weighted by atomic mass is 9.63. The lowest BCUT2D eigenvalue weighted by Crippen LogP contribution is -2.61. The third kappa shape index (κ3) is 11.0. The van der Waals surface area contributed by atoms with Gasteiger partial charge < -0.3 is 19.7 Å². The van der Waals surface area contributed by atoms with E-state index < -0.39 is 41.3 Å². The van der Waals surface area contributed by atoms with Crippen LogP contribution in [0.3, 0.4) is 0 Å². The molecule has 210 valence electrons. The fourth-order valence-electron chi connectivity index (χ4n) is 4.75. The summed E-state index contributed by atoms with van der Waals surface area (Å²) in [5.74, 6) is -4.56. The zero-order valence-corrected chi connectivity index (χ0v) is 23.1. The SMILES string of the molecule is CCCCCCOC(CC(=O)O)(C(=O)O)C(CCCCCC)(CCCCCC)C(=O)OC(=O)CCC. The number of hydrogen-bond donors (Lipinski definition) is 2. The van der Waals surface area contributed by atoms with Crippen molar-refractivity contribution in [1.29, 1.82) is 0 Å². The first kappa shape index (κ1) is 34.0. The van der Waals surface area contributed by atoms with Crippen LogP contribution >= 0.6 is 0 Å². The Morgan fingerprint density at radius 1 is 0.667 bits per heavy atom. The molecular formula is C28H50O8. The predicted octanol–water partition coefficient (Wildman–Crippen LogP) is 6.68. The molecule has 1 unspecified atom stereocenters. The molecule has 0 aromatic carbocycles. The highest BCUT2D eigenvalue weighted by Crippen LogP contribution is 2.48. The number of carbonyl (C=O) groups is 4. The van der Waals surface area contributed by atoms with Gasteiger partial charge in [-0.2, -0.15) is 0 Å². The third-order valence-corrected chi connectivity index (χ3v) is 6.83. The number of carboxylic acids is 2. The number of carboxylic acid groups (broad SMARTS) is 2. The molecular weight excluding hydrogens is 464 g/mol. The van der Waals surface area contributed by atoms with Crippen LogP contribution in [0.4, 0.5) is 0 Å². The summed E-state index contributed by atoms with van der Waals surface area (Å²) in [6.07, 6.45) is 9.25. The van der Waals surface area contributed by atoms with Crippen LogP contribution in [0.1, 0.15) is 137 Å². The van der Waals surface area contributed by atoms with Gasteiger partial charge in [-0.1, -0.05) is 98.3 Å². The number of ether oxygens (including phenoxy) is 2. The van der Waals surface area contributed by atoms with Crippen molar-refractivity contribution in [3.05, 3.63) is 0 Å². The predicted molar refractivity (Wildman–Crippen MR) is 139 cm³/mol. The smallest absolute Gasteiger partial charge is 0.337 e. The van der Waals surface area contributed by atoms with E-state index in [-0.39, 0.29) is 25.9 Å². The van der Waals surface area contributed by atoms with E-state index in [2.05, 4.69) is 0 Å². The Morgan fingerprint density at radius 2 is 1.17 bits per heavy atom. The van der Waals surface area contributed by atoms with Gasteiger partial charge in [0.25, 0.3) is 0 Å². The van der Waals surface area contributed by atoms with Crippen molar-refractivity contribution >= 4 is 23.9 Å². The van der Waals surface area contributed by atoms with E-state index in [0.717, 1.165) is 57.8 Å². The topological polar surface area (TPSA) is 127 Å². The van der Waals surface area contributed by atoms with Crippen LogP contribution in [0.5, 0.6) is 0 Å². The maximum atomic E-state index is 13.8. The van der Waals surface area contributed by atoms with E-state index >= 15 is 0 Å². The van der Waals surface area contributed by atoms with E-state index in [1.54, 1.807) is 6.92 Å². The van der Waals surface area contributed by atoms with E-state index in [1.807, 2.05) is 20.8 Å². The van der Waals surface area contributed by atoms with E-state index in [0.29, 0.717) is 25.7 Å². The minimum Gasteiger partial charge on any atom is -0.481 e. The minimum atomic E-state index is -2.33. The van der Waals surface area contributed by atoms with Crippen molar-refractivity contribution in [2.75, 3.05) is 6.61 Å². The molecule has 2 N–H and O–H groups in total. The fourth-order valence-corrected chi connectivity index (χ4v) is 4.75. The Bertz CT molecular complexity index is 648. The summed E-state index contributed by atoms with van der Waals surface area (Å²) in [4.78, 5) is 51.1. The van der Waals surface area contributed by atoms with Gasteiger partial charge in [0, 0.05) is 13.0 Å². The number of rotatable bonds is 23. The molecule has 0 rings (SSSR count). The Hall–Kier alpha value is -1.96. The van der Waals surface area contributed by atoms with Gasteiger partial charge >= 0.3 is 23.9 Å². The summed E-state index contributed by atoms with van der Waals surface area (Å²) in [7, 11) is 0. The second-order valence-corrected chi connectivity index (χ2v) is 9.83. The maximum Gasteiger partial charge on any atom is 0.337 e. The maximum absolute atomic E-state index is 13.8. The summed E-state index contributed by atoms with van der Waals surface area (Å²) >= 11 is 0. The summed E-state index contributed by atoms with van der Waals surface area (Å²) < 4.78 is 11.2. The van der Waals surface area contributed by atoms with Gasteiger partial charge in [0.05, 0.1) is 6.42 Å². The molecule has 0 amide bonds. The molecule has 0 radical (unpaired) electrons. The molecule has 0 spiro atoms. The average molecular weight is 515 g/mol. The zero-order valence-electron chi connectivity index (χ0n) is 23.1. The largest absolute Gasteiger partial charge is 0.481 e. The van der Waals surface area contributed by atoms with Crippen LogP contribution in [-0.2, 0) is 28.7 Å². The van der Waals surface area contributed by atoms with Gasteiger partial charge in [0.2, 0.25) is 0 Å². The molecule has 0 aromatic heterocycles. The van der Waals surface area contributed by atoms with Crippen LogP contribution in [0.15, 0.2) is 0 Å². The van der Waals surface area contributed by atoms with Crippen LogP contribution in [-0.4, -0.2) is 46.3 Å². The molecule has 36 heavy (non-hydrogen) atoms. The third-order valence-electron chi connectivity index (χ3n) is 6.83. The Balaban J connectivity index is 6.62. The number of carbonyl (C=O) groups excluding carboxylic acids is 2. The number of hydrogen-bond acceptors (Lipinski definition) is 6. The quantitative estimate of drug-likeness (QED) is 0.0878. The van der Waals surface area contributed by atoms with Gasteiger partial charge in [0.15, 0.2) is 5.60 Å². The molecule has 0 aliphatic carbocycles. The minimum absolute atomic E-state index is 0.0153. The molecule has 0 heterocycles. The Kier molecular flexibility index (Phi) is 18.1. The molecule has 0 saturated heterocycles. The average Bonchev–Trinajstić information content (AvgIpc) is 2.82. The molecule has 0 saturated carbocycles. The second-order valence-electron chi connectivity index (χ2n) is 9.83. The molecule has 0 aliphatic heterocycles. The van der Waals surface area contributed by atoms with Gasteiger partial charge in [-0.15, -0.1) is 0 Å². The first-order valence-corrected chi connectivity index (χ1v) is 14.0. The van der Waals surface area contributed by atoms with Gasteiger partial charge in [-0.3, -0.25) is 14.4 Å². The van der Waals surface area contributed by atoms with E-state index in [1.165, 1.54) is 0 Å². The monoisotopic (exact) mass is 514 g/mol. The lowest BCUT2D eigenvalue weighted by molar-refractivity contribution is -0.211. The van der Waals surface area contributed by atoms with Gasteiger partial charge in [-0.05, 0) is 25.7 Å². The zero-order chi connectivity index (χ0) is 27.5. The molecule has 8 heteroatoms. The summed E-state index contributed by atoms with van der Waals surface area (Å²) in [6, 6.07) is 0. The van der Waals surface area contributed by atoms with Crippen molar-refractivity contribution < 1.29 is 38.9 Å². The van der Waals surface area contributed by atoms with Crippen molar-refractivity contribution in [3.63, 3.8) is 0 Å². The Morgan fingerprint density at radius 3 is 1.58 bits per heavy atom. The van der Waals surface area contributed by atoms with Gasteiger partial charge in [0.1, 0.15) is 5.41 Å². The number of aliphatic carboxylic acids is 2. The first-order valence-electron chi connectivity index (χ1n) is 14.0. The highest BCUT2D eigenvalue weighted by atomic mass is 16.6. The van der Waals surface area contributed by atoms with E-state index in [9.17, 15) is 29.4 Å². The highest BCUT2D eigenvalue weighted by Gasteiger charge is 2.64. The van der Waals surface area contributed by atoms with Crippen LogP contribution in [0.25, 0.3) is 0 Å². The standard InChI is InChI=1S/C28H50O8/c1-5-9-12-15-19-27(20-16-13-10-6-2,26(34)36-24(31)18-8-4)28(25(32)33,22-23(29)30)35-21-17-14-11-7-3/h5-22H2,1-4H3,(H,29,30)(H,32,33). The number of esters is 2. The van der Waals surface area contributed by atoms with Crippen molar-refractivity contribution in [1.82, 2.24) is 0 Å². The van der Waals surface area contributed by atoms with Crippen molar-refractivity contribution in [2.24, 2.45) is 5.41 Å². The van der Waals surface area contributed by atoms with Crippen LogP contribution in [0, 0.1) is 5.41 Å². The highest BCUT2D eigenvalue weighted by molar-refractivity contribution is 5.96. The summed E-state index contributed by atoms with van der Waals surface area (Å²) in [5, 5.41) is 20.3. The summed E-state index contributed by atoms with van der Waals surface area (Å²) in [6.45, 7) is 7.93. The van der Waals surface area contributed by atoms with Crippen molar-refractivity contribution in [2.45, 2.75) is 142 Å². The second kappa shape index (κ2) is 19.2. The molecule has 1 atom stereocenters. The van der Waals surface area contributed by atoms with Crippen LogP contribution in [0.2, 0.25) is 0 Å². The van der Waals surface area contributed by atoms with E-state index in [4.69, 9.17) is 9.47 Å². The normalized spacial score (nSPS) is 13.2. The number of unbranched alkanes of at least 4 members (excludes halogenated alkanes) is 9. The fraction of sp³-hybridized carbons (Fsp3) is 0.857. The molecule has 8 nitrogen and oxygen atoms in total. The van der Waals surface area contributed by atoms with Gasteiger partial charge in [-0.25, -0.2) is 4.79 Å². The lowest BCUT2D eigenvalue weighted by Gasteiger charge is -2.45. The molecule has 0 fully saturated rings. The summed E-state index contributed by atoms with van der Waals surface area (Å²) in [5.41, 5.74) is -4.11. The van der Waals surface area contributed by atoms with Crippen molar-refractivity contribution in [3.8, 4) is 0 Å². The molecule has 0 aliphatic rings. The van der Waals surface area contributed by atoms with Crippen LogP contribution < -0.4 is 0 Å². The Labute approximate surface area is 217 Å². The molecule has 0 bridgehead atoms.